The molecular formula is C23H19N5O3. The number of hydrogen-bond acceptors (Lipinski definition) is 6. The van der Waals surface area contributed by atoms with Gasteiger partial charge in [-0.05, 0) is 53.2 Å². The minimum atomic E-state index is -0.976. The average Bonchev–Trinajstić information content (AvgIpc) is 3.35. The lowest BCUT2D eigenvalue weighted by molar-refractivity contribution is -0.123. The molecule has 3 aromatic carbocycles. The summed E-state index contributed by atoms with van der Waals surface area (Å²) in [6.45, 7) is 1.54. The summed E-state index contributed by atoms with van der Waals surface area (Å²) in [6, 6.07) is 23.8. The standard InChI is InChI=1S/C23H19N5O3/c1-16(31-23(30)18-11-13-19(14-12-18)28-15-24-26-27-28)22(29)25-21-10-6-5-9-20(21)17-7-3-2-4-8-17/h2-16H,1H3,(H,25,29)/t16-/m0/s1. The summed E-state index contributed by atoms with van der Waals surface area (Å²) in [5.41, 5.74) is 3.53. The van der Waals surface area contributed by atoms with Gasteiger partial charge in [-0.15, -0.1) is 5.10 Å². The first-order valence-corrected chi connectivity index (χ1v) is 9.61. The van der Waals surface area contributed by atoms with Crippen molar-refractivity contribution in [3.8, 4) is 16.8 Å². The van der Waals surface area contributed by atoms with Gasteiger partial charge in [0.15, 0.2) is 6.10 Å². The number of tetrazole rings is 1. The van der Waals surface area contributed by atoms with E-state index < -0.39 is 18.0 Å². The van der Waals surface area contributed by atoms with Gasteiger partial charge in [0.2, 0.25) is 0 Å². The maximum Gasteiger partial charge on any atom is 0.338 e. The summed E-state index contributed by atoms with van der Waals surface area (Å²) in [7, 11) is 0. The topological polar surface area (TPSA) is 99.0 Å². The molecule has 1 aromatic heterocycles. The van der Waals surface area contributed by atoms with Gasteiger partial charge in [-0.25, -0.2) is 9.48 Å². The average molecular weight is 413 g/mol. The van der Waals surface area contributed by atoms with Crippen LogP contribution in [-0.2, 0) is 9.53 Å². The maximum absolute atomic E-state index is 12.7. The van der Waals surface area contributed by atoms with Crippen LogP contribution in [0.15, 0.2) is 85.2 Å². The van der Waals surface area contributed by atoms with E-state index in [9.17, 15) is 9.59 Å². The van der Waals surface area contributed by atoms with E-state index >= 15 is 0 Å². The lowest BCUT2D eigenvalue weighted by atomic mass is 10.0. The molecule has 0 aliphatic heterocycles. The molecule has 31 heavy (non-hydrogen) atoms. The van der Waals surface area contributed by atoms with Gasteiger partial charge >= 0.3 is 5.97 Å². The van der Waals surface area contributed by atoms with E-state index in [4.69, 9.17) is 4.74 Å². The largest absolute Gasteiger partial charge is 0.449 e. The van der Waals surface area contributed by atoms with Crippen molar-refractivity contribution in [1.82, 2.24) is 20.2 Å². The fourth-order valence-corrected chi connectivity index (χ4v) is 3.01. The fraction of sp³-hybridized carbons (Fsp3) is 0.0870. The van der Waals surface area contributed by atoms with Gasteiger partial charge in [0.1, 0.15) is 6.33 Å². The number of nitrogens with one attached hydrogen (secondary N) is 1. The van der Waals surface area contributed by atoms with E-state index in [1.807, 2.05) is 54.6 Å². The molecule has 1 N–H and O–H groups in total. The molecule has 0 saturated carbocycles. The Bertz CT molecular complexity index is 1180. The Labute approximate surface area is 178 Å². The van der Waals surface area contributed by atoms with Gasteiger partial charge < -0.3 is 10.1 Å². The predicted molar refractivity (Wildman–Crippen MR) is 115 cm³/mol. The number of nitrogens with zero attached hydrogens (tertiary/aromatic N) is 4. The van der Waals surface area contributed by atoms with Gasteiger partial charge in [-0.2, -0.15) is 0 Å². The molecule has 4 rings (SSSR count). The number of para-hydroxylation sites is 1. The van der Waals surface area contributed by atoms with E-state index in [0.717, 1.165) is 11.1 Å². The Kier molecular flexibility index (Phi) is 5.79. The Balaban J connectivity index is 1.42. The first-order chi connectivity index (χ1) is 15.1. The zero-order valence-electron chi connectivity index (χ0n) is 16.7. The van der Waals surface area contributed by atoms with Crippen molar-refractivity contribution < 1.29 is 14.3 Å². The van der Waals surface area contributed by atoms with Crippen LogP contribution in [0.2, 0.25) is 0 Å². The highest BCUT2D eigenvalue weighted by Gasteiger charge is 2.20. The SMILES string of the molecule is C[C@H](OC(=O)c1ccc(-n2cnnn2)cc1)C(=O)Nc1ccccc1-c1ccccc1. The number of carbonyl (C=O) groups excluding carboxylic acids is 2. The zero-order chi connectivity index (χ0) is 21.6. The molecular weight excluding hydrogens is 394 g/mol. The molecule has 0 saturated heterocycles. The molecule has 154 valence electrons. The van der Waals surface area contributed by atoms with Gasteiger partial charge in [0.25, 0.3) is 5.91 Å². The third-order valence-electron chi connectivity index (χ3n) is 4.64. The van der Waals surface area contributed by atoms with Crippen LogP contribution in [0.5, 0.6) is 0 Å². The summed E-state index contributed by atoms with van der Waals surface area (Å²) >= 11 is 0. The van der Waals surface area contributed by atoms with Crippen LogP contribution in [0.25, 0.3) is 16.8 Å². The second-order valence-corrected chi connectivity index (χ2v) is 6.75. The second-order valence-electron chi connectivity index (χ2n) is 6.75. The summed E-state index contributed by atoms with van der Waals surface area (Å²) < 4.78 is 6.82. The van der Waals surface area contributed by atoms with Crippen LogP contribution in [0.3, 0.4) is 0 Å². The van der Waals surface area contributed by atoms with Gasteiger partial charge in [0, 0.05) is 11.3 Å². The third-order valence-corrected chi connectivity index (χ3v) is 4.64. The number of benzene rings is 3. The Morgan fingerprint density at radius 3 is 2.35 bits per heavy atom. The van der Waals surface area contributed by atoms with Crippen molar-refractivity contribution in [2.24, 2.45) is 0 Å². The fourth-order valence-electron chi connectivity index (χ4n) is 3.01. The Morgan fingerprint density at radius 2 is 1.65 bits per heavy atom. The number of carbonyl (C=O) groups is 2. The van der Waals surface area contributed by atoms with Crippen molar-refractivity contribution in [3.63, 3.8) is 0 Å². The van der Waals surface area contributed by atoms with Crippen LogP contribution in [0.1, 0.15) is 17.3 Å². The minimum absolute atomic E-state index is 0.321. The number of aromatic nitrogens is 4. The molecule has 0 aliphatic carbocycles. The highest BCUT2D eigenvalue weighted by atomic mass is 16.5. The molecule has 8 heteroatoms. The summed E-state index contributed by atoms with van der Waals surface area (Å²) in [4.78, 5) is 25.1. The van der Waals surface area contributed by atoms with Crippen molar-refractivity contribution in [2.75, 3.05) is 5.32 Å². The van der Waals surface area contributed by atoms with Crippen molar-refractivity contribution in [1.29, 1.82) is 0 Å². The smallest absolute Gasteiger partial charge is 0.338 e. The monoisotopic (exact) mass is 413 g/mol. The van der Waals surface area contributed by atoms with Gasteiger partial charge in [-0.1, -0.05) is 48.5 Å². The lowest BCUT2D eigenvalue weighted by Crippen LogP contribution is -2.30. The number of ether oxygens (including phenoxy) is 1. The van der Waals surface area contributed by atoms with E-state index in [-0.39, 0.29) is 0 Å². The molecule has 8 nitrogen and oxygen atoms in total. The maximum atomic E-state index is 12.7. The quantitative estimate of drug-likeness (QED) is 0.486. The molecule has 4 aromatic rings. The number of amides is 1. The zero-order valence-corrected chi connectivity index (χ0v) is 16.7. The van der Waals surface area contributed by atoms with E-state index in [0.29, 0.717) is 16.9 Å². The van der Waals surface area contributed by atoms with Gasteiger partial charge in [0.05, 0.1) is 11.3 Å². The van der Waals surface area contributed by atoms with Crippen molar-refractivity contribution >= 4 is 17.6 Å². The molecule has 0 bridgehead atoms. The van der Waals surface area contributed by atoms with E-state index in [2.05, 4.69) is 20.8 Å². The van der Waals surface area contributed by atoms with Crippen LogP contribution in [0.4, 0.5) is 5.69 Å². The number of anilines is 1. The van der Waals surface area contributed by atoms with Gasteiger partial charge in [-0.3, -0.25) is 4.79 Å². The number of esters is 1. The van der Waals surface area contributed by atoms with Crippen LogP contribution < -0.4 is 5.32 Å². The summed E-state index contributed by atoms with van der Waals surface area (Å²) in [6.07, 6.45) is 0.475. The first-order valence-electron chi connectivity index (χ1n) is 9.61. The summed E-state index contributed by atoms with van der Waals surface area (Å²) in [5, 5.41) is 13.8. The molecule has 1 atom stereocenters. The van der Waals surface area contributed by atoms with Crippen LogP contribution in [0, 0.1) is 0 Å². The molecule has 0 spiro atoms. The Morgan fingerprint density at radius 1 is 0.935 bits per heavy atom. The molecule has 0 radical (unpaired) electrons. The van der Waals surface area contributed by atoms with Crippen molar-refractivity contribution in [3.05, 3.63) is 90.8 Å². The third kappa shape index (κ3) is 4.64. The molecule has 1 amide bonds. The second kappa shape index (κ2) is 9.00. The molecule has 0 fully saturated rings. The number of rotatable bonds is 6. The molecule has 0 unspecified atom stereocenters. The lowest BCUT2D eigenvalue weighted by Gasteiger charge is -2.16. The summed E-state index contributed by atoms with van der Waals surface area (Å²) in [5.74, 6) is -1.01. The van der Waals surface area contributed by atoms with Crippen molar-refractivity contribution in [2.45, 2.75) is 13.0 Å². The highest BCUT2D eigenvalue weighted by molar-refractivity contribution is 6.00. The number of hydrogen-bond donors (Lipinski definition) is 1. The molecule has 0 aliphatic rings. The van der Waals surface area contributed by atoms with E-state index in [1.165, 1.54) is 17.9 Å². The van der Waals surface area contributed by atoms with E-state index in [1.54, 1.807) is 24.3 Å². The molecule has 1 heterocycles. The predicted octanol–water partition coefficient (Wildman–Crippen LogP) is 3.51. The van der Waals surface area contributed by atoms with Crippen LogP contribution in [-0.4, -0.2) is 38.2 Å². The normalized spacial score (nSPS) is 11.5. The first kappa shape index (κ1) is 20.0. The highest BCUT2D eigenvalue weighted by Crippen LogP contribution is 2.27. The van der Waals surface area contributed by atoms with Crippen LogP contribution >= 0.6 is 0 Å². The minimum Gasteiger partial charge on any atom is -0.449 e. The Hall–Kier alpha value is -4.33.